The van der Waals surface area contributed by atoms with Gasteiger partial charge in [-0.3, -0.25) is 4.79 Å². The molecule has 3 amide bonds. The highest BCUT2D eigenvalue weighted by molar-refractivity contribution is 5.86. The van der Waals surface area contributed by atoms with Crippen molar-refractivity contribution in [2.24, 2.45) is 17.1 Å². The van der Waals surface area contributed by atoms with Crippen LogP contribution in [0.4, 0.5) is 4.79 Å². The molecule has 1 aliphatic rings. The van der Waals surface area contributed by atoms with Crippen LogP contribution in [0.2, 0.25) is 0 Å². The molecule has 0 bridgehead atoms. The highest BCUT2D eigenvalue weighted by atomic mass is 16.3. The third-order valence-corrected chi connectivity index (χ3v) is 3.72. The lowest BCUT2D eigenvalue weighted by Gasteiger charge is -2.23. The summed E-state index contributed by atoms with van der Waals surface area (Å²) >= 11 is 0. The van der Waals surface area contributed by atoms with Crippen molar-refractivity contribution in [3.8, 4) is 0 Å². The maximum Gasteiger partial charge on any atom is 0.312 e. The van der Waals surface area contributed by atoms with Gasteiger partial charge in [0, 0.05) is 12.0 Å². The summed E-state index contributed by atoms with van der Waals surface area (Å²) in [5, 5.41) is 14.4. The van der Waals surface area contributed by atoms with Gasteiger partial charge in [-0.2, -0.15) is 0 Å². The SMILES string of the molecule is CCC(C)C(NC(N)=O)C(=O)NCC1(CO)CC1. The molecule has 18 heavy (non-hydrogen) atoms. The first-order valence-corrected chi connectivity index (χ1v) is 6.38. The zero-order valence-electron chi connectivity index (χ0n) is 11.0. The number of urea groups is 1. The highest BCUT2D eigenvalue weighted by Gasteiger charge is 2.42. The van der Waals surface area contributed by atoms with Crippen molar-refractivity contribution in [2.45, 2.75) is 39.2 Å². The molecule has 1 rings (SSSR count). The van der Waals surface area contributed by atoms with Gasteiger partial charge in [-0.1, -0.05) is 20.3 Å². The lowest BCUT2D eigenvalue weighted by atomic mass is 9.98. The van der Waals surface area contributed by atoms with Crippen molar-refractivity contribution in [2.75, 3.05) is 13.2 Å². The normalized spacial score (nSPS) is 19.7. The molecule has 6 nitrogen and oxygen atoms in total. The topological polar surface area (TPSA) is 104 Å². The van der Waals surface area contributed by atoms with Gasteiger partial charge in [-0.15, -0.1) is 0 Å². The van der Waals surface area contributed by atoms with E-state index in [1.807, 2.05) is 13.8 Å². The number of carbonyl (C=O) groups is 2. The molecule has 0 aromatic rings. The molecule has 1 saturated carbocycles. The quantitative estimate of drug-likeness (QED) is 0.514. The average Bonchev–Trinajstić information content (AvgIpc) is 3.12. The van der Waals surface area contributed by atoms with Gasteiger partial charge in [0.2, 0.25) is 5.91 Å². The van der Waals surface area contributed by atoms with Gasteiger partial charge in [-0.05, 0) is 18.8 Å². The summed E-state index contributed by atoms with van der Waals surface area (Å²) in [6.45, 7) is 4.38. The number of rotatable bonds is 7. The smallest absolute Gasteiger partial charge is 0.312 e. The second-order valence-corrected chi connectivity index (χ2v) is 5.25. The molecule has 1 fully saturated rings. The van der Waals surface area contributed by atoms with E-state index >= 15 is 0 Å². The summed E-state index contributed by atoms with van der Waals surface area (Å²) in [6.07, 6.45) is 2.63. The summed E-state index contributed by atoms with van der Waals surface area (Å²) in [6, 6.07) is -1.30. The number of hydrogen-bond donors (Lipinski definition) is 4. The Kier molecular flexibility index (Phi) is 4.95. The fraction of sp³-hybridized carbons (Fsp3) is 0.833. The molecule has 5 N–H and O–H groups in total. The number of primary amides is 1. The van der Waals surface area contributed by atoms with Gasteiger partial charge in [0.05, 0.1) is 6.61 Å². The summed E-state index contributed by atoms with van der Waals surface area (Å²) in [7, 11) is 0. The van der Waals surface area contributed by atoms with E-state index in [2.05, 4.69) is 10.6 Å². The van der Waals surface area contributed by atoms with Gasteiger partial charge in [0.25, 0.3) is 0 Å². The van der Waals surface area contributed by atoms with Gasteiger partial charge < -0.3 is 21.5 Å². The Morgan fingerprint density at radius 3 is 2.44 bits per heavy atom. The largest absolute Gasteiger partial charge is 0.396 e. The summed E-state index contributed by atoms with van der Waals surface area (Å²) in [5.41, 5.74) is 4.94. The lowest BCUT2D eigenvalue weighted by molar-refractivity contribution is -0.124. The third kappa shape index (κ3) is 3.87. The predicted octanol–water partition coefficient (Wildman–Crippen LogP) is -0.0419. The molecule has 2 unspecified atom stereocenters. The minimum Gasteiger partial charge on any atom is -0.396 e. The maximum absolute atomic E-state index is 12.0. The van der Waals surface area contributed by atoms with Crippen LogP contribution in [0.5, 0.6) is 0 Å². The van der Waals surface area contributed by atoms with Gasteiger partial charge in [0.15, 0.2) is 0 Å². The Morgan fingerprint density at radius 1 is 1.44 bits per heavy atom. The van der Waals surface area contributed by atoms with Gasteiger partial charge in [0.1, 0.15) is 6.04 Å². The number of carbonyl (C=O) groups excluding carboxylic acids is 2. The average molecular weight is 257 g/mol. The van der Waals surface area contributed by atoms with Crippen LogP contribution in [0, 0.1) is 11.3 Å². The number of hydrogen-bond acceptors (Lipinski definition) is 3. The first kappa shape index (κ1) is 14.8. The molecule has 0 aromatic carbocycles. The summed E-state index contributed by atoms with van der Waals surface area (Å²) < 4.78 is 0. The molecule has 104 valence electrons. The van der Waals surface area contributed by atoms with Crippen LogP contribution < -0.4 is 16.4 Å². The third-order valence-electron chi connectivity index (χ3n) is 3.72. The van der Waals surface area contributed by atoms with E-state index in [1.54, 1.807) is 0 Å². The predicted molar refractivity (Wildman–Crippen MR) is 67.7 cm³/mol. The van der Waals surface area contributed by atoms with Crippen LogP contribution in [0.25, 0.3) is 0 Å². The van der Waals surface area contributed by atoms with Crippen LogP contribution in [0.15, 0.2) is 0 Å². The molecule has 0 radical (unpaired) electrons. The molecular formula is C12H23N3O3. The molecular weight excluding hydrogens is 234 g/mol. The van der Waals surface area contributed by atoms with E-state index in [-0.39, 0.29) is 23.8 Å². The Labute approximate surface area is 107 Å². The Morgan fingerprint density at radius 2 is 2.06 bits per heavy atom. The van der Waals surface area contributed by atoms with Gasteiger partial charge in [-0.25, -0.2) is 4.79 Å². The Balaban J connectivity index is 2.50. The fourth-order valence-corrected chi connectivity index (χ4v) is 1.81. The Bertz CT molecular complexity index is 316. The molecule has 1 aliphatic carbocycles. The standard InChI is InChI=1S/C12H23N3O3/c1-3-8(2)9(15-11(13)18)10(17)14-6-12(7-16)4-5-12/h8-9,16H,3-7H2,1-2H3,(H,14,17)(H3,13,15,18). The number of nitrogens with one attached hydrogen (secondary N) is 2. The van der Waals surface area contributed by atoms with E-state index in [9.17, 15) is 9.59 Å². The second kappa shape index (κ2) is 6.04. The number of amides is 3. The van der Waals surface area contributed by atoms with Gasteiger partial charge >= 0.3 is 6.03 Å². The fourth-order valence-electron chi connectivity index (χ4n) is 1.81. The van der Waals surface area contributed by atoms with E-state index in [0.29, 0.717) is 6.54 Å². The van der Waals surface area contributed by atoms with Crippen molar-refractivity contribution in [1.29, 1.82) is 0 Å². The first-order chi connectivity index (χ1) is 8.44. The van der Waals surface area contributed by atoms with E-state index in [4.69, 9.17) is 10.8 Å². The van der Waals surface area contributed by atoms with Crippen molar-refractivity contribution >= 4 is 11.9 Å². The minimum absolute atomic E-state index is 0.0155. The summed E-state index contributed by atoms with van der Waals surface area (Å²) in [4.78, 5) is 22.9. The van der Waals surface area contributed by atoms with E-state index < -0.39 is 12.1 Å². The van der Waals surface area contributed by atoms with E-state index in [0.717, 1.165) is 19.3 Å². The molecule has 0 aliphatic heterocycles. The molecule has 2 atom stereocenters. The Hall–Kier alpha value is -1.30. The van der Waals surface area contributed by atoms with Crippen LogP contribution in [0.1, 0.15) is 33.1 Å². The zero-order chi connectivity index (χ0) is 13.8. The molecule has 0 saturated heterocycles. The number of aliphatic hydroxyl groups excluding tert-OH is 1. The van der Waals surface area contributed by atoms with E-state index in [1.165, 1.54) is 0 Å². The number of aliphatic hydroxyl groups is 1. The first-order valence-electron chi connectivity index (χ1n) is 6.38. The zero-order valence-corrected chi connectivity index (χ0v) is 11.0. The molecule has 0 aromatic heterocycles. The molecule has 0 heterocycles. The van der Waals surface area contributed by atoms with Crippen molar-refractivity contribution in [3.05, 3.63) is 0 Å². The summed E-state index contributed by atoms with van der Waals surface area (Å²) in [5.74, 6) is -0.218. The number of nitrogens with two attached hydrogens (primary N) is 1. The van der Waals surface area contributed by atoms with Crippen LogP contribution >= 0.6 is 0 Å². The highest BCUT2D eigenvalue weighted by Crippen LogP contribution is 2.44. The van der Waals surface area contributed by atoms with Crippen molar-refractivity contribution < 1.29 is 14.7 Å². The van der Waals surface area contributed by atoms with Crippen LogP contribution in [0.3, 0.4) is 0 Å². The molecule has 0 spiro atoms. The lowest BCUT2D eigenvalue weighted by Crippen LogP contribution is -2.52. The van der Waals surface area contributed by atoms with Crippen LogP contribution in [-0.2, 0) is 4.79 Å². The maximum atomic E-state index is 12.0. The monoisotopic (exact) mass is 257 g/mol. The van der Waals surface area contributed by atoms with Crippen molar-refractivity contribution in [3.63, 3.8) is 0 Å². The molecule has 6 heteroatoms. The second-order valence-electron chi connectivity index (χ2n) is 5.25. The van der Waals surface area contributed by atoms with Crippen LogP contribution in [-0.4, -0.2) is 36.2 Å². The van der Waals surface area contributed by atoms with Crippen molar-refractivity contribution in [1.82, 2.24) is 10.6 Å². The minimum atomic E-state index is -0.696.